The molecule has 0 bridgehead atoms. The lowest BCUT2D eigenvalue weighted by Crippen LogP contribution is -2.15. The van der Waals surface area contributed by atoms with E-state index in [4.69, 9.17) is 11.6 Å². The van der Waals surface area contributed by atoms with E-state index in [1.54, 1.807) is 13.8 Å². The fourth-order valence-corrected chi connectivity index (χ4v) is 1.04. The summed E-state index contributed by atoms with van der Waals surface area (Å²) in [5.74, 6) is 4.85. The van der Waals surface area contributed by atoms with Crippen LogP contribution in [0.25, 0.3) is 0 Å². The number of nitrogen functional groups attached to an aromatic ring is 1. The van der Waals surface area contributed by atoms with Gasteiger partial charge in [0.25, 0.3) is 0 Å². The van der Waals surface area contributed by atoms with Gasteiger partial charge in [-0.2, -0.15) is 5.90 Å². The summed E-state index contributed by atoms with van der Waals surface area (Å²) in [4.78, 5) is 20.1. The normalized spacial score (nSPS) is 10.3. The van der Waals surface area contributed by atoms with Gasteiger partial charge in [0.1, 0.15) is 0 Å². The molecule has 0 radical (unpaired) electrons. The molecule has 1 rings (SSSR count). The van der Waals surface area contributed by atoms with E-state index in [0.29, 0.717) is 5.69 Å². The van der Waals surface area contributed by atoms with Gasteiger partial charge in [-0.05, 0) is 6.07 Å². The summed E-state index contributed by atoms with van der Waals surface area (Å²) >= 11 is 0. The molecule has 5 heteroatoms. The van der Waals surface area contributed by atoms with Crippen molar-refractivity contribution in [2.75, 3.05) is 5.73 Å². The second-order valence-electron chi connectivity index (χ2n) is 3.21. The summed E-state index contributed by atoms with van der Waals surface area (Å²) < 4.78 is 0. The highest BCUT2D eigenvalue weighted by atomic mass is 16.6. The zero-order chi connectivity index (χ0) is 10.7. The summed E-state index contributed by atoms with van der Waals surface area (Å²) in [5.41, 5.74) is 6.07. The molecule has 5 nitrogen and oxygen atoms in total. The minimum atomic E-state index is -0.168. The van der Waals surface area contributed by atoms with Crippen molar-refractivity contribution in [2.24, 2.45) is 11.8 Å². The lowest BCUT2D eigenvalue weighted by molar-refractivity contribution is 0.0930. The molecule has 0 spiro atoms. The van der Waals surface area contributed by atoms with Crippen molar-refractivity contribution in [1.29, 1.82) is 0 Å². The van der Waals surface area contributed by atoms with Crippen LogP contribution in [0.4, 0.5) is 5.69 Å². The Morgan fingerprint density at radius 3 is 2.71 bits per heavy atom. The Morgan fingerprint density at radius 2 is 2.21 bits per heavy atom. The van der Waals surface area contributed by atoms with Crippen LogP contribution >= 0.6 is 0 Å². The van der Waals surface area contributed by atoms with E-state index >= 15 is 0 Å². The second-order valence-corrected chi connectivity index (χ2v) is 3.21. The predicted octanol–water partition coefficient (Wildman–Crippen LogP) is 0.755. The predicted molar refractivity (Wildman–Crippen MR) is 52.6 cm³/mol. The van der Waals surface area contributed by atoms with Crippen LogP contribution in [0.5, 0.6) is 5.75 Å². The molecular formula is C9H13N3O2. The SMILES string of the molecule is CC(C)C(=O)c1nccc(N)c1ON. The molecule has 0 aliphatic carbocycles. The van der Waals surface area contributed by atoms with E-state index in [1.165, 1.54) is 12.3 Å². The maximum atomic E-state index is 11.6. The summed E-state index contributed by atoms with van der Waals surface area (Å²) in [6, 6.07) is 1.53. The Morgan fingerprint density at radius 1 is 1.57 bits per heavy atom. The van der Waals surface area contributed by atoms with E-state index in [2.05, 4.69) is 9.82 Å². The summed E-state index contributed by atoms with van der Waals surface area (Å²) in [5, 5.41) is 0. The van der Waals surface area contributed by atoms with Gasteiger partial charge in [-0.25, -0.2) is 4.98 Å². The number of nitrogens with zero attached hydrogens (tertiary/aromatic N) is 1. The van der Waals surface area contributed by atoms with E-state index < -0.39 is 0 Å². The molecule has 0 aromatic carbocycles. The molecule has 0 saturated heterocycles. The number of carbonyl (C=O) groups is 1. The van der Waals surface area contributed by atoms with Gasteiger partial charge in [-0.15, -0.1) is 0 Å². The van der Waals surface area contributed by atoms with Crippen LogP contribution in [0.2, 0.25) is 0 Å². The van der Waals surface area contributed by atoms with Crippen molar-refractivity contribution in [1.82, 2.24) is 4.98 Å². The molecule has 1 aromatic heterocycles. The fourth-order valence-electron chi connectivity index (χ4n) is 1.04. The molecule has 0 aliphatic rings. The molecule has 0 atom stereocenters. The van der Waals surface area contributed by atoms with Crippen molar-refractivity contribution in [3.8, 4) is 5.75 Å². The topological polar surface area (TPSA) is 91.2 Å². The molecule has 76 valence electrons. The smallest absolute Gasteiger partial charge is 0.198 e. The van der Waals surface area contributed by atoms with Crippen LogP contribution in [0.3, 0.4) is 0 Å². The number of nitrogens with two attached hydrogens (primary N) is 2. The average Bonchev–Trinajstić information content (AvgIpc) is 2.16. The van der Waals surface area contributed by atoms with Gasteiger partial charge in [0.15, 0.2) is 17.2 Å². The molecule has 0 fully saturated rings. The van der Waals surface area contributed by atoms with E-state index in [1.807, 2.05) is 0 Å². The van der Waals surface area contributed by atoms with Crippen molar-refractivity contribution in [3.05, 3.63) is 18.0 Å². The van der Waals surface area contributed by atoms with Crippen LogP contribution < -0.4 is 16.5 Å². The minimum Gasteiger partial charge on any atom is -0.407 e. The monoisotopic (exact) mass is 195 g/mol. The van der Waals surface area contributed by atoms with Gasteiger partial charge in [0, 0.05) is 12.1 Å². The largest absolute Gasteiger partial charge is 0.407 e. The lowest BCUT2D eigenvalue weighted by Gasteiger charge is -2.09. The van der Waals surface area contributed by atoms with Crippen molar-refractivity contribution < 1.29 is 9.63 Å². The first-order chi connectivity index (χ1) is 6.57. The Kier molecular flexibility index (Phi) is 3.03. The van der Waals surface area contributed by atoms with Gasteiger partial charge < -0.3 is 10.6 Å². The maximum Gasteiger partial charge on any atom is 0.198 e. The summed E-state index contributed by atoms with van der Waals surface area (Å²) in [6.07, 6.45) is 1.45. The third kappa shape index (κ3) is 1.82. The Balaban J connectivity index is 3.20. The number of anilines is 1. The third-order valence-corrected chi connectivity index (χ3v) is 1.81. The van der Waals surface area contributed by atoms with Crippen LogP contribution in [0, 0.1) is 5.92 Å². The second kappa shape index (κ2) is 4.06. The number of pyridine rings is 1. The fraction of sp³-hybridized carbons (Fsp3) is 0.333. The van der Waals surface area contributed by atoms with Crippen LogP contribution in [0.15, 0.2) is 12.3 Å². The number of ketones is 1. The number of aromatic nitrogens is 1. The minimum absolute atomic E-state index is 0.141. The molecule has 0 saturated carbocycles. The number of hydrogen-bond donors (Lipinski definition) is 2. The molecule has 0 amide bonds. The van der Waals surface area contributed by atoms with Gasteiger partial charge in [0.05, 0.1) is 5.69 Å². The number of carbonyl (C=O) groups excluding carboxylic acids is 1. The standard InChI is InChI=1S/C9H13N3O2/c1-5(2)8(13)7-9(14-11)6(10)3-4-12-7/h3-5H,11H2,1-2H3,(H2,10,12). The quantitative estimate of drug-likeness (QED) is 0.548. The van der Waals surface area contributed by atoms with Crippen LogP contribution in [0.1, 0.15) is 24.3 Å². The first kappa shape index (κ1) is 10.5. The summed E-state index contributed by atoms with van der Waals surface area (Å²) in [7, 11) is 0. The van der Waals surface area contributed by atoms with Gasteiger partial charge in [-0.3, -0.25) is 4.79 Å². The third-order valence-electron chi connectivity index (χ3n) is 1.81. The van der Waals surface area contributed by atoms with Gasteiger partial charge >= 0.3 is 0 Å². The first-order valence-electron chi connectivity index (χ1n) is 4.23. The summed E-state index contributed by atoms with van der Waals surface area (Å²) in [6.45, 7) is 3.54. The Labute approximate surface area is 82.0 Å². The average molecular weight is 195 g/mol. The zero-order valence-electron chi connectivity index (χ0n) is 8.15. The molecule has 4 N–H and O–H groups in total. The highest BCUT2D eigenvalue weighted by Crippen LogP contribution is 2.25. The van der Waals surface area contributed by atoms with E-state index in [-0.39, 0.29) is 23.1 Å². The molecule has 1 aromatic rings. The number of Topliss-reactive ketones (excluding diaryl/α,β-unsaturated/α-hetero) is 1. The number of hydrogen-bond acceptors (Lipinski definition) is 5. The maximum absolute atomic E-state index is 11.6. The van der Waals surface area contributed by atoms with Gasteiger partial charge in [-0.1, -0.05) is 13.8 Å². The first-order valence-corrected chi connectivity index (χ1v) is 4.23. The molecule has 0 aliphatic heterocycles. The van der Waals surface area contributed by atoms with E-state index in [9.17, 15) is 4.79 Å². The number of rotatable bonds is 3. The van der Waals surface area contributed by atoms with Crippen molar-refractivity contribution in [3.63, 3.8) is 0 Å². The molecule has 0 unspecified atom stereocenters. The van der Waals surface area contributed by atoms with Crippen LogP contribution in [-0.2, 0) is 0 Å². The Hall–Kier alpha value is -1.62. The molecular weight excluding hydrogens is 182 g/mol. The van der Waals surface area contributed by atoms with Crippen LogP contribution in [-0.4, -0.2) is 10.8 Å². The zero-order valence-corrected chi connectivity index (χ0v) is 8.15. The van der Waals surface area contributed by atoms with Crippen molar-refractivity contribution in [2.45, 2.75) is 13.8 Å². The van der Waals surface area contributed by atoms with E-state index in [0.717, 1.165) is 0 Å². The molecule has 14 heavy (non-hydrogen) atoms. The van der Waals surface area contributed by atoms with Crippen molar-refractivity contribution >= 4 is 11.5 Å². The Bertz CT molecular complexity index is 350. The highest BCUT2D eigenvalue weighted by Gasteiger charge is 2.19. The molecule has 1 heterocycles. The highest BCUT2D eigenvalue weighted by molar-refractivity contribution is 5.99. The van der Waals surface area contributed by atoms with Gasteiger partial charge in [0.2, 0.25) is 0 Å². The lowest BCUT2D eigenvalue weighted by atomic mass is 10.0.